The molecule has 0 radical (unpaired) electrons. The fourth-order valence-corrected chi connectivity index (χ4v) is 2.89. The summed E-state index contributed by atoms with van der Waals surface area (Å²) < 4.78 is 5.62. The van der Waals surface area contributed by atoms with Gasteiger partial charge in [0.2, 0.25) is 5.91 Å². The van der Waals surface area contributed by atoms with Gasteiger partial charge in [0.15, 0.2) is 0 Å². The lowest BCUT2D eigenvalue weighted by Gasteiger charge is -2.25. The summed E-state index contributed by atoms with van der Waals surface area (Å²) in [4.78, 5) is 18.9. The minimum absolute atomic E-state index is 0.0364. The van der Waals surface area contributed by atoms with E-state index in [4.69, 9.17) is 4.74 Å². The molecule has 1 amide bonds. The van der Waals surface area contributed by atoms with Crippen molar-refractivity contribution in [1.82, 2.24) is 10.3 Å². The minimum Gasteiger partial charge on any atom is -0.493 e. The van der Waals surface area contributed by atoms with Crippen LogP contribution in [0, 0.1) is 0 Å². The second-order valence-corrected chi connectivity index (χ2v) is 5.83. The summed E-state index contributed by atoms with van der Waals surface area (Å²) >= 11 is 0. The number of anilines is 1. The first-order valence-electron chi connectivity index (χ1n) is 7.77. The SMILES string of the molecule is CN(C)c1ncccc1CNC(=O)C1CCOc2ccccc21. The Morgan fingerprint density at radius 1 is 1.30 bits per heavy atom. The number of rotatable bonds is 4. The molecule has 1 unspecified atom stereocenters. The summed E-state index contributed by atoms with van der Waals surface area (Å²) in [6.07, 6.45) is 2.46. The first-order chi connectivity index (χ1) is 11.2. The van der Waals surface area contributed by atoms with Gasteiger partial charge in [-0.05, 0) is 18.6 Å². The highest BCUT2D eigenvalue weighted by Gasteiger charge is 2.27. The van der Waals surface area contributed by atoms with E-state index in [2.05, 4.69) is 10.3 Å². The number of pyridine rings is 1. The van der Waals surface area contributed by atoms with Crippen LogP contribution in [0.25, 0.3) is 0 Å². The number of nitrogens with zero attached hydrogens (tertiary/aromatic N) is 2. The van der Waals surface area contributed by atoms with Crippen LogP contribution in [0.15, 0.2) is 42.6 Å². The first kappa shape index (κ1) is 15.3. The maximum atomic E-state index is 12.6. The zero-order chi connectivity index (χ0) is 16.2. The smallest absolute Gasteiger partial charge is 0.228 e. The van der Waals surface area contributed by atoms with Crippen LogP contribution in [0.5, 0.6) is 5.75 Å². The third-order valence-corrected chi connectivity index (χ3v) is 4.02. The van der Waals surface area contributed by atoms with Crippen LogP contribution < -0.4 is 15.0 Å². The normalized spacial score (nSPS) is 16.2. The first-order valence-corrected chi connectivity index (χ1v) is 7.77. The summed E-state index contributed by atoms with van der Waals surface area (Å²) in [6, 6.07) is 11.6. The van der Waals surface area contributed by atoms with Gasteiger partial charge in [-0.25, -0.2) is 4.98 Å². The molecule has 1 N–H and O–H groups in total. The number of para-hydroxylation sites is 1. The van der Waals surface area contributed by atoms with E-state index in [0.29, 0.717) is 19.6 Å². The quantitative estimate of drug-likeness (QED) is 0.941. The highest BCUT2D eigenvalue weighted by Crippen LogP contribution is 2.33. The predicted molar refractivity (Wildman–Crippen MR) is 89.7 cm³/mol. The van der Waals surface area contributed by atoms with Crippen LogP contribution in [-0.2, 0) is 11.3 Å². The van der Waals surface area contributed by atoms with Crippen molar-refractivity contribution in [3.8, 4) is 5.75 Å². The number of carbonyl (C=O) groups excluding carboxylic acids is 1. The van der Waals surface area contributed by atoms with Gasteiger partial charge in [0.05, 0.1) is 12.5 Å². The number of fused-ring (bicyclic) bond motifs is 1. The number of hydrogen-bond acceptors (Lipinski definition) is 4. The third-order valence-electron chi connectivity index (χ3n) is 4.02. The molecule has 0 aliphatic carbocycles. The Bertz CT molecular complexity index is 700. The zero-order valence-corrected chi connectivity index (χ0v) is 13.5. The number of benzene rings is 1. The number of hydrogen-bond donors (Lipinski definition) is 1. The lowest BCUT2D eigenvalue weighted by Crippen LogP contribution is -2.32. The molecule has 3 rings (SSSR count). The number of amides is 1. The van der Waals surface area contributed by atoms with Crippen molar-refractivity contribution in [3.63, 3.8) is 0 Å². The van der Waals surface area contributed by atoms with Gasteiger partial charge >= 0.3 is 0 Å². The van der Waals surface area contributed by atoms with E-state index >= 15 is 0 Å². The van der Waals surface area contributed by atoms with Crippen molar-refractivity contribution >= 4 is 11.7 Å². The van der Waals surface area contributed by atoms with Gasteiger partial charge in [0.25, 0.3) is 0 Å². The highest BCUT2D eigenvalue weighted by atomic mass is 16.5. The van der Waals surface area contributed by atoms with Crippen molar-refractivity contribution < 1.29 is 9.53 Å². The molecule has 5 nitrogen and oxygen atoms in total. The van der Waals surface area contributed by atoms with Crippen LogP contribution in [0.3, 0.4) is 0 Å². The standard InChI is InChI=1S/C18H21N3O2/c1-21(2)17-13(6-5-10-19-17)12-20-18(22)15-9-11-23-16-8-4-3-7-14(15)16/h3-8,10,15H,9,11-12H2,1-2H3,(H,20,22). The molecule has 0 spiro atoms. The Balaban J connectivity index is 1.72. The van der Waals surface area contributed by atoms with Crippen molar-refractivity contribution in [1.29, 1.82) is 0 Å². The lowest BCUT2D eigenvalue weighted by molar-refractivity contribution is -0.123. The molecule has 1 aliphatic heterocycles. The van der Waals surface area contributed by atoms with Crippen LogP contribution in [-0.4, -0.2) is 31.6 Å². The fraction of sp³-hybridized carbons (Fsp3) is 0.333. The molecule has 0 bridgehead atoms. The van der Waals surface area contributed by atoms with Crippen LogP contribution in [0.1, 0.15) is 23.5 Å². The predicted octanol–water partition coefficient (Wildman–Crippen LogP) is 2.33. The third kappa shape index (κ3) is 3.28. The van der Waals surface area contributed by atoms with E-state index in [0.717, 1.165) is 22.7 Å². The number of aromatic nitrogens is 1. The summed E-state index contributed by atoms with van der Waals surface area (Å²) in [5, 5.41) is 3.04. The van der Waals surface area contributed by atoms with E-state index < -0.39 is 0 Å². The van der Waals surface area contributed by atoms with E-state index in [9.17, 15) is 4.79 Å². The molecule has 1 atom stereocenters. The second-order valence-electron chi connectivity index (χ2n) is 5.83. The summed E-state index contributed by atoms with van der Waals surface area (Å²) in [5.74, 6) is 1.57. The molecule has 0 fully saturated rings. The lowest BCUT2D eigenvalue weighted by atomic mass is 9.92. The Labute approximate surface area is 136 Å². The van der Waals surface area contributed by atoms with Gasteiger partial charge in [0.1, 0.15) is 11.6 Å². The van der Waals surface area contributed by atoms with E-state index in [1.807, 2.05) is 55.4 Å². The Morgan fingerprint density at radius 3 is 2.96 bits per heavy atom. The van der Waals surface area contributed by atoms with Gasteiger partial charge in [-0.3, -0.25) is 4.79 Å². The number of ether oxygens (including phenoxy) is 1. The Kier molecular flexibility index (Phi) is 4.46. The van der Waals surface area contributed by atoms with Crippen molar-refractivity contribution in [2.75, 3.05) is 25.6 Å². The molecule has 2 aromatic rings. The molecule has 1 aromatic carbocycles. The molecule has 1 aliphatic rings. The van der Waals surface area contributed by atoms with Crippen LogP contribution in [0.4, 0.5) is 5.82 Å². The van der Waals surface area contributed by atoms with Gasteiger partial charge < -0.3 is 15.0 Å². The molecule has 23 heavy (non-hydrogen) atoms. The topological polar surface area (TPSA) is 54.5 Å². The molecule has 5 heteroatoms. The number of carbonyl (C=O) groups is 1. The van der Waals surface area contributed by atoms with Crippen molar-refractivity contribution in [2.24, 2.45) is 0 Å². The summed E-state index contributed by atoms with van der Waals surface area (Å²) in [7, 11) is 3.89. The van der Waals surface area contributed by atoms with E-state index in [-0.39, 0.29) is 11.8 Å². The fourth-order valence-electron chi connectivity index (χ4n) is 2.89. The maximum Gasteiger partial charge on any atom is 0.228 e. The van der Waals surface area contributed by atoms with Gasteiger partial charge in [-0.1, -0.05) is 24.3 Å². The number of nitrogens with one attached hydrogen (secondary N) is 1. The monoisotopic (exact) mass is 311 g/mol. The van der Waals surface area contributed by atoms with Crippen LogP contribution in [0.2, 0.25) is 0 Å². The minimum atomic E-state index is -0.153. The van der Waals surface area contributed by atoms with E-state index in [1.165, 1.54) is 0 Å². The second kappa shape index (κ2) is 6.69. The van der Waals surface area contributed by atoms with Gasteiger partial charge in [0, 0.05) is 38.0 Å². The maximum absolute atomic E-state index is 12.6. The zero-order valence-electron chi connectivity index (χ0n) is 13.5. The molecular weight excluding hydrogens is 290 g/mol. The molecule has 0 saturated heterocycles. The van der Waals surface area contributed by atoms with Gasteiger partial charge in [-0.15, -0.1) is 0 Å². The summed E-state index contributed by atoms with van der Waals surface area (Å²) in [6.45, 7) is 1.05. The van der Waals surface area contributed by atoms with Crippen molar-refractivity contribution in [3.05, 3.63) is 53.7 Å². The highest BCUT2D eigenvalue weighted by molar-refractivity contribution is 5.84. The molecular formula is C18H21N3O2. The summed E-state index contributed by atoms with van der Waals surface area (Å²) in [5.41, 5.74) is 1.97. The van der Waals surface area contributed by atoms with Gasteiger partial charge in [-0.2, -0.15) is 0 Å². The Hall–Kier alpha value is -2.56. The molecule has 0 saturated carbocycles. The molecule has 120 valence electrons. The average Bonchev–Trinajstić information content (AvgIpc) is 2.59. The van der Waals surface area contributed by atoms with E-state index in [1.54, 1.807) is 6.20 Å². The largest absolute Gasteiger partial charge is 0.493 e. The molecule has 2 heterocycles. The average molecular weight is 311 g/mol. The Morgan fingerprint density at radius 2 is 2.13 bits per heavy atom. The van der Waals surface area contributed by atoms with Crippen LogP contribution >= 0.6 is 0 Å². The van der Waals surface area contributed by atoms with Crippen molar-refractivity contribution in [2.45, 2.75) is 18.9 Å². The molecule has 1 aromatic heterocycles.